The van der Waals surface area contributed by atoms with Crippen LogP contribution in [0, 0.1) is 0 Å². The van der Waals surface area contributed by atoms with E-state index in [1.165, 1.54) is 0 Å². The number of fused-ring (bicyclic) bond motifs is 1. The maximum Gasteiger partial charge on any atom is 0.410 e. The summed E-state index contributed by atoms with van der Waals surface area (Å²) in [5.41, 5.74) is 8.14. The Bertz CT molecular complexity index is 1680. The summed E-state index contributed by atoms with van der Waals surface area (Å²) >= 11 is 12.5. The van der Waals surface area contributed by atoms with Crippen molar-refractivity contribution in [3.8, 4) is 17.0 Å². The van der Waals surface area contributed by atoms with Gasteiger partial charge in [-0.15, -0.1) is 0 Å². The molecule has 3 N–H and O–H groups in total. The number of amides is 2. The summed E-state index contributed by atoms with van der Waals surface area (Å²) in [6, 6.07) is 8.52. The van der Waals surface area contributed by atoms with Crippen molar-refractivity contribution in [3.05, 3.63) is 58.6 Å². The molecule has 5 rings (SSSR count). The van der Waals surface area contributed by atoms with Crippen LogP contribution in [-0.2, 0) is 16.0 Å². The van der Waals surface area contributed by atoms with Crippen LogP contribution < -0.4 is 20.7 Å². The molecule has 0 atom stereocenters. The van der Waals surface area contributed by atoms with Gasteiger partial charge in [-0.3, -0.25) is 9.20 Å². The van der Waals surface area contributed by atoms with Crippen molar-refractivity contribution in [2.75, 3.05) is 49.2 Å². The lowest BCUT2D eigenvalue weighted by atomic mass is 10.1. The second-order valence-corrected chi connectivity index (χ2v) is 11.8. The summed E-state index contributed by atoms with van der Waals surface area (Å²) in [6.45, 7) is 7.50. The normalized spacial score (nSPS) is 13.7. The minimum Gasteiger partial charge on any atom is -0.497 e. The number of carbonyl (C=O) groups is 2. The van der Waals surface area contributed by atoms with Crippen LogP contribution in [0.5, 0.6) is 5.75 Å². The maximum absolute atomic E-state index is 13.0. The van der Waals surface area contributed by atoms with Crippen molar-refractivity contribution in [1.82, 2.24) is 24.3 Å². The number of nitrogens with two attached hydrogens (primary N) is 1. The Morgan fingerprint density at radius 2 is 1.81 bits per heavy atom. The van der Waals surface area contributed by atoms with Gasteiger partial charge in [0.1, 0.15) is 22.3 Å². The standard InChI is InChI=1S/C29H32Cl2N8O4/c1-29(2,3)43-28(41)38-11-9-37(10-12-38)26-27-34-17(13-24(40)35-21-7-8-23(31)36-25(21)32)16-39(27)22(15-33-26)19-6-5-18(42-4)14-20(19)30/h5-8,14-16H,9-13H2,1-4H3,(H2,32,36)(H,35,40). The van der Waals surface area contributed by atoms with Gasteiger partial charge in [0.2, 0.25) is 5.91 Å². The highest BCUT2D eigenvalue weighted by atomic mass is 35.5. The van der Waals surface area contributed by atoms with Crippen LogP contribution in [0.1, 0.15) is 26.5 Å². The predicted molar refractivity (Wildman–Crippen MR) is 166 cm³/mol. The van der Waals surface area contributed by atoms with Crippen molar-refractivity contribution in [2.24, 2.45) is 0 Å². The maximum atomic E-state index is 13.0. The molecule has 1 fully saturated rings. The lowest BCUT2D eigenvalue weighted by Gasteiger charge is -2.36. The van der Waals surface area contributed by atoms with Gasteiger partial charge in [-0.1, -0.05) is 23.2 Å². The smallest absolute Gasteiger partial charge is 0.410 e. The number of nitrogens with zero attached hydrogens (tertiary/aromatic N) is 6. The third-order valence-corrected chi connectivity index (χ3v) is 7.24. The number of ether oxygens (including phenoxy) is 2. The van der Waals surface area contributed by atoms with Crippen LogP contribution in [0.4, 0.5) is 22.1 Å². The van der Waals surface area contributed by atoms with E-state index >= 15 is 0 Å². The molecule has 1 saturated heterocycles. The Morgan fingerprint density at radius 1 is 1.07 bits per heavy atom. The Kier molecular flexibility index (Phi) is 8.52. The molecule has 3 aromatic heterocycles. The summed E-state index contributed by atoms with van der Waals surface area (Å²) in [6.07, 6.45) is 3.13. The van der Waals surface area contributed by atoms with E-state index in [0.29, 0.717) is 65.5 Å². The molecule has 0 bridgehead atoms. The van der Waals surface area contributed by atoms with E-state index in [4.69, 9.17) is 48.4 Å². The first-order valence-corrected chi connectivity index (χ1v) is 14.3. The summed E-state index contributed by atoms with van der Waals surface area (Å²) < 4.78 is 12.7. The molecular weight excluding hydrogens is 595 g/mol. The highest BCUT2D eigenvalue weighted by Gasteiger charge is 2.28. The first kappa shape index (κ1) is 30.2. The minimum atomic E-state index is -0.575. The molecule has 0 saturated carbocycles. The molecule has 43 heavy (non-hydrogen) atoms. The number of piperazine rings is 1. The SMILES string of the molecule is COc1ccc(-c2cnc(N3CCN(C(=O)OC(C)(C)C)CC3)c3nc(CC(=O)Nc4ccc(Cl)nc4N)cn23)c(Cl)c1. The van der Waals surface area contributed by atoms with Gasteiger partial charge in [-0.05, 0) is 51.1 Å². The molecular formula is C29H32Cl2N8O4. The molecule has 0 radical (unpaired) electrons. The zero-order valence-electron chi connectivity index (χ0n) is 24.2. The van der Waals surface area contributed by atoms with Crippen LogP contribution in [0.15, 0.2) is 42.7 Å². The van der Waals surface area contributed by atoms with Gasteiger partial charge < -0.3 is 30.3 Å². The van der Waals surface area contributed by atoms with Crippen LogP contribution >= 0.6 is 23.2 Å². The second-order valence-electron chi connectivity index (χ2n) is 11.0. The van der Waals surface area contributed by atoms with Crippen LogP contribution in [0.3, 0.4) is 0 Å². The van der Waals surface area contributed by atoms with E-state index in [9.17, 15) is 9.59 Å². The summed E-state index contributed by atoms with van der Waals surface area (Å²) in [5.74, 6) is 1.03. The molecule has 0 aliphatic carbocycles. The summed E-state index contributed by atoms with van der Waals surface area (Å²) in [5, 5.41) is 3.46. The molecule has 14 heteroatoms. The topological polar surface area (TPSA) is 140 Å². The predicted octanol–water partition coefficient (Wildman–Crippen LogP) is 4.93. The number of benzene rings is 1. The third-order valence-electron chi connectivity index (χ3n) is 6.71. The quantitative estimate of drug-likeness (QED) is 0.285. The zero-order valence-corrected chi connectivity index (χ0v) is 25.7. The molecule has 0 unspecified atom stereocenters. The van der Waals surface area contributed by atoms with Crippen LogP contribution in [0.25, 0.3) is 16.9 Å². The monoisotopic (exact) mass is 626 g/mol. The number of imidazole rings is 1. The van der Waals surface area contributed by atoms with Crippen molar-refractivity contribution < 1.29 is 19.1 Å². The molecule has 2 amide bonds. The van der Waals surface area contributed by atoms with Gasteiger partial charge in [0.05, 0.1) is 41.8 Å². The molecule has 1 aromatic carbocycles. The lowest BCUT2D eigenvalue weighted by molar-refractivity contribution is -0.115. The van der Waals surface area contributed by atoms with Crippen LogP contribution in [0.2, 0.25) is 10.2 Å². The molecule has 4 heterocycles. The number of rotatable bonds is 6. The largest absolute Gasteiger partial charge is 0.497 e. The fraction of sp³-hybridized carbons (Fsp3) is 0.345. The molecule has 1 aliphatic heterocycles. The van der Waals surface area contributed by atoms with E-state index in [0.717, 1.165) is 5.56 Å². The zero-order chi connectivity index (χ0) is 30.9. The number of hydrogen-bond acceptors (Lipinski definition) is 9. The first-order chi connectivity index (χ1) is 20.4. The number of hydrogen-bond donors (Lipinski definition) is 2. The van der Waals surface area contributed by atoms with E-state index in [2.05, 4.69) is 15.2 Å². The molecule has 12 nitrogen and oxygen atoms in total. The lowest BCUT2D eigenvalue weighted by Crippen LogP contribution is -2.50. The first-order valence-electron chi connectivity index (χ1n) is 13.6. The number of halogens is 2. The number of methoxy groups -OCH3 is 1. The fourth-order valence-electron chi connectivity index (χ4n) is 4.69. The third kappa shape index (κ3) is 6.86. The molecule has 1 aliphatic rings. The Morgan fingerprint density at radius 3 is 2.47 bits per heavy atom. The van der Waals surface area contributed by atoms with Gasteiger partial charge in [0.15, 0.2) is 11.5 Å². The molecule has 0 spiro atoms. The number of nitrogens with one attached hydrogen (secondary N) is 1. The van der Waals surface area contributed by atoms with Crippen LogP contribution in [-0.4, -0.2) is 75.1 Å². The number of aromatic nitrogens is 4. The van der Waals surface area contributed by atoms with Gasteiger partial charge >= 0.3 is 6.09 Å². The van der Waals surface area contributed by atoms with Crippen molar-refractivity contribution in [3.63, 3.8) is 0 Å². The van der Waals surface area contributed by atoms with E-state index in [1.54, 1.807) is 42.6 Å². The van der Waals surface area contributed by atoms with Crippen molar-refractivity contribution in [2.45, 2.75) is 32.8 Å². The fourth-order valence-corrected chi connectivity index (χ4v) is 5.11. The number of pyridine rings is 1. The molecule has 4 aromatic rings. The van der Waals surface area contributed by atoms with Crippen molar-refractivity contribution in [1.29, 1.82) is 0 Å². The van der Waals surface area contributed by atoms with Crippen molar-refractivity contribution >= 4 is 58.2 Å². The van der Waals surface area contributed by atoms with E-state index < -0.39 is 5.60 Å². The Hall–Kier alpha value is -4.29. The second kappa shape index (κ2) is 12.1. The van der Waals surface area contributed by atoms with Gasteiger partial charge in [-0.2, -0.15) is 0 Å². The average Bonchev–Trinajstić information content (AvgIpc) is 3.37. The number of anilines is 3. The number of nitrogen functional groups attached to an aromatic ring is 1. The highest BCUT2D eigenvalue weighted by Crippen LogP contribution is 2.33. The van der Waals surface area contributed by atoms with Gasteiger partial charge in [0.25, 0.3) is 0 Å². The minimum absolute atomic E-state index is 0.0363. The average molecular weight is 628 g/mol. The summed E-state index contributed by atoms with van der Waals surface area (Å²) in [7, 11) is 1.57. The highest BCUT2D eigenvalue weighted by molar-refractivity contribution is 6.33. The Labute approximate surface area is 258 Å². The van der Waals surface area contributed by atoms with Gasteiger partial charge in [0, 0.05) is 37.9 Å². The van der Waals surface area contributed by atoms with E-state index in [-0.39, 0.29) is 29.4 Å². The number of carbonyl (C=O) groups excluding carboxylic acids is 2. The summed E-state index contributed by atoms with van der Waals surface area (Å²) in [4.78, 5) is 42.9. The Balaban J connectivity index is 1.46. The van der Waals surface area contributed by atoms with Gasteiger partial charge in [-0.25, -0.2) is 19.7 Å². The van der Waals surface area contributed by atoms with E-state index in [1.807, 2.05) is 37.3 Å². The molecule has 226 valence electrons.